The number of rotatable bonds is 4. The third kappa shape index (κ3) is 3.49. The molecule has 1 N–H and O–H groups in total. The monoisotopic (exact) mass is 425 g/mol. The van der Waals surface area contributed by atoms with Crippen molar-refractivity contribution in [1.29, 1.82) is 0 Å². The molecule has 0 aliphatic carbocycles. The summed E-state index contributed by atoms with van der Waals surface area (Å²) in [5, 5.41) is 5.46. The summed E-state index contributed by atoms with van der Waals surface area (Å²) < 4.78 is 37.4. The van der Waals surface area contributed by atoms with Crippen LogP contribution in [0.15, 0.2) is 82.1 Å². The summed E-state index contributed by atoms with van der Waals surface area (Å²) in [5.74, 6) is 1.03. The number of hydrogen-bond donors (Lipinski definition) is 1. The second-order valence-electron chi connectivity index (χ2n) is 6.67. The van der Waals surface area contributed by atoms with Crippen molar-refractivity contribution in [2.75, 3.05) is 16.5 Å². The van der Waals surface area contributed by atoms with Crippen molar-refractivity contribution in [2.45, 2.75) is 18.7 Å². The van der Waals surface area contributed by atoms with Gasteiger partial charge in [0.25, 0.3) is 16.0 Å². The van der Waals surface area contributed by atoms with Crippen molar-refractivity contribution < 1.29 is 22.5 Å². The van der Waals surface area contributed by atoms with E-state index in [-0.39, 0.29) is 10.8 Å². The maximum atomic E-state index is 12.9. The van der Waals surface area contributed by atoms with E-state index in [0.29, 0.717) is 29.4 Å². The molecule has 0 atom stereocenters. The van der Waals surface area contributed by atoms with Crippen LogP contribution in [0, 0.1) is 0 Å². The van der Waals surface area contributed by atoms with Crippen molar-refractivity contribution in [3.05, 3.63) is 72.1 Å². The second kappa shape index (κ2) is 7.43. The molecule has 2 aromatic rings. The fourth-order valence-corrected chi connectivity index (χ4v) is 3.78. The molecule has 4 rings (SSSR count). The highest BCUT2D eigenvalue weighted by molar-refractivity contribution is 7.85. The van der Waals surface area contributed by atoms with E-state index in [9.17, 15) is 13.2 Å². The first kappa shape index (κ1) is 19.9. The van der Waals surface area contributed by atoms with Crippen LogP contribution in [0.2, 0.25) is 0 Å². The Labute approximate surface area is 174 Å². The number of carbonyl (C=O) groups excluding carboxylic acids is 1. The van der Waals surface area contributed by atoms with E-state index in [4.69, 9.17) is 9.29 Å². The van der Waals surface area contributed by atoms with Gasteiger partial charge >= 0.3 is 0 Å². The molecule has 154 valence electrons. The average Bonchev–Trinajstić information content (AvgIpc) is 3.22. The van der Waals surface area contributed by atoms with Crippen molar-refractivity contribution >= 4 is 33.1 Å². The summed E-state index contributed by atoms with van der Waals surface area (Å²) in [6.45, 7) is 4.44. The zero-order valence-electron chi connectivity index (χ0n) is 16.3. The molecule has 30 heavy (non-hydrogen) atoms. The molecule has 0 unspecified atom stereocenters. The van der Waals surface area contributed by atoms with Crippen LogP contribution in [0.5, 0.6) is 5.75 Å². The molecule has 0 radical (unpaired) electrons. The normalized spacial score (nSPS) is 18.8. The number of benzene rings is 2. The van der Waals surface area contributed by atoms with Crippen molar-refractivity contribution in [2.24, 2.45) is 5.10 Å². The van der Waals surface area contributed by atoms with Crippen LogP contribution in [0.4, 0.5) is 11.4 Å². The molecule has 2 aromatic carbocycles. The van der Waals surface area contributed by atoms with Gasteiger partial charge in [0.1, 0.15) is 0 Å². The fraction of sp³-hybridized carbons (Fsp3) is 0.143. The summed E-state index contributed by atoms with van der Waals surface area (Å²) in [6.07, 6.45) is 3.40. The molecule has 9 heteroatoms. The number of hydrogen-bond acceptors (Lipinski definition) is 6. The van der Waals surface area contributed by atoms with E-state index in [0.717, 1.165) is 11.4 Å². The molecule has 0 fully saturated rings. The minimum atomic E-state index is -4.30. The Balaban J connectivity index is 1.60. The number of fused-ring (bicyclic) bond motifs is 1. The average molecular weight is 425 g/mol. The van der Waals surface area contributed by atoms with E-state index >= 15 is 0 Å². The van der Waals surface area contributed by atoms with E-state index in [1.54, 1.807) is 19.1 Å². The minimum Gasteiger partial charge on any atom is -0.439 e. The van der Waals surface area contributed by atoms with Gasteiger partial charge in [0.15, 0.2) is 5.75 Å². The summed E-state index contributed by atoms with van der Waals surface area (Å²) in [4.78, 5) is 14.6. The maximum absolute atomic E-state index is 12.9. The molecule has 0 aromatic heterocycles. The van der Waals surface area contributed by atoms with Crippen LogP contribution in [0.3, 0.4) is 0 Å². The quantitative estimate of drug-likeness (QED) is 0.596. The SMILES string of the molecule is CCN1/C(=C/C=C2/C(=O)N(c3ccc(S(=O)(=O)O)cc3)N=C2C)Oc2ccccc21. The topological polar surface area (TPSA) is 99.5 Å². The highest BCUT2D eigenvalue weighted by Gasteiger charge is 2.29. The molecule has 2 heterocycles. The third-order valence-electron chi connectivity index (χ3n) is 4.79. The number of carbonyl (C=O) groups is 1. The highest BCUT2D eigenvalue weighted by Crippen LogP contribution is 2.38. The lowest BCUT2D eigenvalue weighted by molar-refractivity contribution is -0.114. The number of hydrazone groups is 1. The Bertz CT molecular complexity index is 1210. The summed E-state index contributed by atoms with van der Waals surface area (Å²) in [6, 6.07) is 13.0. The standard InChI is InChI=1S/C21H19N3O5S/c1-3-23-18-6-4-5-7-19(18)29-20(23)13-12-17-14(2)22-24(21(17)25)15-8-10-16(11-9-15)30(26,27)28/h4-13H,3H2,1-2H3,(H,26,27,28)/b17-12+,20-13-. The van der Waals surface area contributed by atoms with Gasteiger partial charge in [-0.1, -0.05) is 12.1 Å². The van der Waals surface area contributed by atoms with Crippen molar-refractivity contribution in [3.63, 3.8) is 0 Å². The van der Waals surface area contributed by atoms with Gasteiger partial charge < -0.3 is 9.64 Å². The Morgan fingerprint density at radius 2 is 1.80 bits per heavy atom. The van der Waals surface area contributed by atoms with Crippen molar-refractivity contribution in [3.8, 4) is 5.75 Å². The molecule has 8 nitrogen and oxygen atoms in total. The lowest BCUT2D eigenvalue weighted by Gasteiger charge is -2.15. The Morgan fingerprint density at radius 1 is 1.10 bits per heavy atom. The largest absolute Gasteiger partial charge is 0.439 e. The van der Waals surface area contributed by atoms with E-state index in [1.807, 2.05) is 36.1 Å². The van der Waals surface area contributed by atoms with Crippen LogP contribution in [0.1, 0.15) is 13.8 Å². The van der Waals surface area contributed by atoms with Crippen LogP contribution < -0.4 is 14.6 Å². The lowest BCUT2D eigenvalue weighted by Crippen LogP contribution is -2.21. The second-order valence-corrected chi connectivity index (χ2v) is 8.09. The first-order valence-electron chi connectivity index (χ1n) is 9.23. The summed E-state index contributed by atoms with van der Waals surface area (Å²) in [7, 11) is -4.30. The zero-order chi connectivity index (χ0) is 21.5. The van der Waals surface area contributed by atoms with E-state index in [2.05, 4.69) is 5.10 Å². The Morgan fingerprint density at radius 3 is 2.47 bits per heavy atom. The van der Waals surface area contributed by atoms with Gasteiger partial charge in [-0.3, -0.25) is 9.35 Å². The van der Waals surface area contributed by atoms with Gasteiger partial charge in [0, 0.05) is 6.54 Å². The number of anilines is 2. The smallest absolute Gasteiger partial charge is 0.294 e. The molecule has 0 spiro atoms. The van der Waals surface area contributed by atoms with Crippen LogP contribution >= 0.6 is 0 Å². The Hall–Kier alpha value is -3.43. The van der Waals surface area contributed by atoms with Crippen molar-refractivity contribution in [1.82, 2.24) is 0 Å². The van der Waals surface area contributed by atoms with Crippen LogP contribution in [-0.4, -0.2) is 31.1 Å². The number of amides is 1. The Kier molecular flexibility index (Phi) is 4.92. The van der Waals surface area contributed by atoms with Crippen LogP contribution in [-0.2, 0) is 14.9 Å². The molecular formula is C21H19N3O5S. The van der Waals surface area contributed by atoms with Gasteiger partial charge in [-0.15, -0.1) is 0 Å². The maximum Gasteiger partial charge on any atom is 0.294 e. The van der Waals surface area contributed by atoms with Gasteiger partial charge in [-0.2, -0.15) is 18.5 Å². The zero-order valence-corrected chi connectivity index (χ0v) is 17.1. The molecule has 2 aliphatic heterocycles. The lowest BCUT2D eigenvalue weighted by atomic mass is 10.1. The van der Waals surface area contributed by atoms with Gasteiger partial charge in [0.05, 0.1) is 27.6 Å². The van der Waals surface area contributed by atoms with Gasteiger partial charge in [-0.05, 0) is 62.4 Å². The number of nitrogens with zero attached hydrogens (tertiary/aromatic N) is 3. The van der Waals surface area contributed by atoms with E-state index < -0.39 is 10.1 Å². The molecule has 0 bridgehead atoms. The molecule has 2 aliphatic rings. The number of para-hydroxylation sites is 2. The van der Waals surface area contributed by atoms with Gasteiger partial charge in [-0.25, -0.2) is 0 Å². The predicted octanol–water partition coefficient (Wildman–Crippen LogP) is 3.34. The molecule has 0 saturated heterocycles. The summed E-state index contributed by atoms with van der Waals surface area (Å²) >= 11 is 0. The number of allylic oxidation sites excluding steroid dienone is 2. The van der Waals surface area contributed by atoms with Crippen LogP contribution in [0.25, 0.3) is 0 Å². The summed E-state index contributed by atoms with van der Waals surface area (Å²) in [5.41, 5.74) is 2.28. The number of ether oxygens (including phenoxy) is 1. The predicted molar refractivity (Wildman–Crippen MR) is 113 cm³/mol. The molecular weight excluding hydrogens is 406 g/mol. The highest BCUT2D eigenvalue weighted by atomic mass is 32.2. The molecule has 1 amide bonds. The first-order chi connectivity index (χ1) is 14.3. The van der Waals surface area contributed by atoms with E-state index in [1.165, 1.54) is 29.3 Å². The fourth-order valence-electron chi connectivity index (χ4n) is 3.30. The van der Waals surface area contributed by atoms with Gasteiger partial charge in [0.2, 0.25) is 5.88 Å². The third-order valence-corrected chi connectivity index (χ3v) is 5.66. The first-order valence-corrected chi connectivity index (χ1v) is 10.7. The molecule has 0 saturated carbocycles. The minimum absolute atomic E-state index is 0.253.